The molecule has 0 aromatic carbocycles. The van der Waals surface area contributed by atoms with E-state index >= 15 is 0 Å². The summed E-state index contributed by atoms with van der Waals surface area (Å²) in [6.45, 7) is 3.15. The molecule has 0 bridgehead atoms. The number of amides is 2. The zero-order valence-electron chi connectivity index (χ0n) is 13.1. The average Bonchev–Trinajstić information content (AvgIpc) is 2.62. The van der Waals surface area contributed by atoms with Crippen LogP contribution >= 0.6 is 0 Å². The van der Waals surface area contributed by atoms with E-state index in [1.54, 1.807) is 20.9 Å². The summed E-state index contributed by atoms with van der Waals surface area (Å²) in [6, 6.07) is 2.42. The van der Waals surface area contributed by atoms with E-state index < -0.39 is 0 Å². The summed E-state index contributed by atoms with van der Waals surface area (Å²) in [6.07, 6.45) is 2.37. The molecule has 2 rings (SSSR count). The number of likely N-dealkylation sites (N-methyl/N-ethyl adjacent to an activating group) is 1. The Hall–Kier alpha value is -0.232. The summed E-state index contributed by atoms with van der Waals surface area (Å²) in [5, 5.41) is 0. The van der Waals surface area contributed by atoms with Crippen molar-refractivity contribution in [2.45, 2.75) is 13.8 Å². The molecular formula is C13H15N3O4Y2-2. The first-order chi connectivity index (χ1) is 9.16. The van der Waals surface area contributed by atoms with E-state index in [1.807, 2.05) is 0 Å². The molecule has 2 radical (unpaired) electrons. The molecular weight excluding hydrogens is 440 g/mol. The fraction of sp³-hybridized carbons (Fsp3) is 0.385. The van der Waals surface area contributed by atoms with Gasteiger partial charge in [0.15, 0.2) is 5.56 Å². The molecule has 2 heterocycles. The molecule has 2 amide bonds. The third-order valence-electron chi connectivity index (χ3n) is 2.88. The van der Waals surface area contributed by atoms with E-state index in [0.717, 1.165) is 4.90 Å². The number of nitrogens with zero attached hydrogens (tertiary/aromatic N) is 3. The summed E-state index contributed by atoms with van der Waals surface area (Å²) in [7, 11) is 4.51. The minimum atomic E-state index is -0.350. The van der Waals surface area contributed by atoms with Gasteiger partial charge < -0.3 is 19.2 Å². The molecule has 0 fully saturated rings. The first kappa shape index (κ1) is 24.0. The van der Waals surface area contributed by atoms with Gasteiger partial charge in [0.2, 0.25) is 0 Å². The van der Waals surface area contributed by atoms with Gasteiger partial charge in [0.1, 0.15) is 11.5 Å². The van der Waals surface area contributed by atoms with Crippen LogP contribution in [0.2, 0.25) is 0 Å². The van der Waals surface area contributed by atoms with Crippen LogP contribution in [0.5, 0.6) is 0 Å². The molecule has 0 aliphatic carbocycles. The second-order valence-corrected chi connectivity index (χ2v) is 4.33. The first-order valence-electron chi connectivity index (χ1n) is 5.75. The fourth-order valence-corrected chi connectivity index (χ4v) is 1.45. The van der Waals surface area contributed by atoms with E-state index in [0.29, 0.717) is 11.1 Å². The van der Waals surface area contributed by atoms with Crippen molar-refractivity contribution >= 4 is 11.8 Å². The van der Waals surface area contributed by atoms with Crippen LogP contribution in [0.1, 0.15) is 12.5 Å². The maximum absolute atomic E-state index is 11.1. The number of imide groups is 1. The molecule has 0 N–H and O–H groups in total. The van der Waals surface area contributed by atoms with Crippen LogP contribution in [0.15, 0.2) is 15.2 Å². The van der Waals surface area contributed by atoms with Crippen molar-refractivity contribution in [2.24, 2.45) is 14.1 Å². The molecule has 1 aromatic rings. The van der Waals surface area contributed by atoms with Crippen molar-refractivity contribution in [3.8, 4) is 0 Å². The maximum atomic E-state index is 11.1. The minimum Gasteiger partial charge on any atom is -0.383 e. The molecule has 7 nitrogen and oxygen atoms in total. The smallest absolute Gasteiger partial charge is 0.173 e. The van der Waals surface area contributed by atoms with Crippen LogP contribution in [0.3, 0.4) is 0 Å². The minimum absolute atomic E-state index is 0. The quantitative estimate of drug-likeness (QED) is 0.369. The van der Waals surface area contributed by atoms with E-state index in [1.165, 1.54) is 23.5 Å². The number of hydrogen-bond acceptors (Lipinski definition) is 4. The van der Waals surface area contributed by atoms with Gasteiger partial charge in [0.05, 0.1) is 5.91 Å². The van der Waals surface area contributed by atoms with Gasteiger partial charge in [0, 0.05) is 79.5 Å². The van der Waals surface area contributed by atoms with E-state index in [2.05, 4.69) is 12.1 Å². The molecule has 0 saturated heterocycles. The number of carbonyl (C=O) groups is 2. The van der Waals surface area contributed by atoms with Crippen LogP contribution in [0.25, 0.3) is 0 Å². The number of hydrogen-bond donors (Lipinski definition) is 0. The van der Waals surface area contributed by atoms with E-state index in [-0.39, 0.29) is 88.4 Å². The van der Waals surface area contributed by atoms with Crippen LogP contribution in [-0.4, -0.2) is 33.1 Å². The van der Waals surface area contributed by atoms with Gasteiger partial charge in [0.25, 0.3) is 0 Å². The second kappa shape index (κ2) is 9.81. The molecule has 1 aliphatic rings. The molecule has 114 valence electrons. The van der Waals surface area contributed by atoms with Crippen molar-refractivity contribution < 1.29 is 75.0 Å². The summed E-state index contributed by atoms with van der Waals surface area (Å²) < 4.78 is 2.48. The number of aryl methyl sites for hydroxylation is 1. The zero-order chi connectivity index (χ0) is 15.6. The molecule has 0 spiro atoms. The predicted molar refractivity (Wildman–Crippen MR) is 70.7 cm³/mol. The topological polar surface area (TPSA) is 81.4 Å². The summed E-state index contributed by atoms with van der Waals surface area (Å²) >= 11 is 0. The van der Waals surface area contributed by atoms with Gasteiger partial charge in [-0.15, -0.1) is 0 Å². The normalized spacial score (nSPS) is 12.8. The second-order valence-electron chi connectivity index (χ2n) is 4.33. The van der Waals surface area contributed by atoms with Crippen molar-refractivity contribution in [1.82, 2.24) is 14.3 Å². The van der Waals surface area contributed by atoms with E-state index in [9.17, 15) is 19.2 Å². The van der Waals surface area contributed by atoms with Crippen LogP contribution in [0, 0.1) is 19.1 Å². The van der Waals surface area contributed by atoms with Gasteiger partial charge in [-0.3, -0.25) is 14.3 Å². The number of rotatable bonds is 0. The van der Waals surface area contributed by atoms with Gasteiger partial charge in [-0.1, -0.05) is 13.8 Å². The fourth-order valence-electron chi connectivity index (χ4n) is 1.45. The van der Waals surface area contributed by atoms with E-state index in [4.69, 9.17) is 0 Å². The Labute approximate surface area is 178 Å². The molecule has 0 unspecified atom stereocenters. The van der Waals surface area contributed by atoms with Crippen molar-refractivity contribution in [3.05, 3.63) is 44.0 Å². The summed E-state index contributed by atoms with van der Waals surface area (Å²) in [5.41, 5.74) is 0.273. The summed E-state index contributed by atoms with van der Waals surface area (Å²) in [4.78, 5) is 44.4. The Kier molecular flexibility index (Phi) is 10.7. The molecule has 0 saturated carbocycles. The molecule has 1 aliphatic heterocycles. The predicted octanol–water partition coefficient (Wildman–Crippen LogP) is -1.08. The molecule has 22 heavy (non-hydrogen) atoms. The largest absolute Gasteiger partial charge is 0.383 e. The third-order valence-corrected chi connectivity index (χ3v) is 2.88. The first-order valence-corrected chi connectivity index (χ1v) is 5.75. The Bertz CT molecular complexity index is 719. The van der Waals surface area contributed by atoms with Crippen LogP contribution in [0.4, 0.5) is 0 Å². The molecule has 0 atom stereocenters. The van der Waals surface area contributed by atoms with Gasteiger partial charge >= 0.3 is 0 Å². The van der Waals surface area contributed by atoms with Crippen molar-refractivity contribution in [2.75, 3.05) is 7.05 Å². The Morgan fingerprint density at radius 1 is 0.864 bits per heavy atom. The van der Waals surface area contributed by atoms with Gasteiger partial charge in [-0.25, -0.2) is 0 Å². The van der Waals surface area contributed by atoms with Crippen LogP contribution in [-0.2, 0) is 89.1 Å². The van der Waals surface area contributed by atoms with Crippen LogP contribution < -0.4 is 11.1 Å². The SMILES string of the molecule is CC1=[C-]C(=O)N(C)C1=O.Cc1[c-]c(=O)n(C)n(C)c1=O.[Y].[Y]. The Morgan fingerprint density at radius 3 is 1.68 bits per heavy atom. The molecule has 9 heteroatoms. The van der Waals surface area contributed by atoms with Crippen molar-refractivity contribution in [1.29, 1.82) is 0 Å². The Balaban J connectivity index is 0. The maximum Gasteiger partial charge on any atom is 0.173 e. The number of aromatic nitrogens is 2. The van der Waals surface area contributed by atoms with Crippen molar-refractivity contribution in [3.63, 3.8) is 0 Å². The van der Waals surface area contributed by atoms with Gasteiger partial charge in [-0.05, 0) is 7.05 Å². The average molecular weight is 455 g/mol. The monoisotopic (exact) mass is 455 g/mol. The zero-order valence-corrected chi connectivity index (χ0v) is 18.8. The number of carbonyl (C=O) groups excluding carboxylic acids is 2. The van der Waals surface area contributed by atoms with Gasteiger partial charge in [-0.2, -0.15) is 23.3 Å². The Morgan fingerprint density at radius 2 is 1.36 bits per heavy atom. The standard InChI is InChI=1S/C7H9N2O2.C6H6NO2.2Y/c1-5-4-6(10)8(2)9(3)7(5)11;1-4-3-5(8)7(2)6(4)9;;/h1-3H3;1-2H3;;/q2*-1;;. The third kappa shape index (κ3) is 5.44. The molecule has 1 aromatic heterocycles. The summed E-state index contributed by atoms with van der Waals surface area (Å²) in [5.74, 6) is -0.600.